The normalized spacial score (nSPS) is 14.9. The van der Waals surface area contributed by atoms with Crippen LogP contribution in [0.1, 0.15) is 18.9 Å². The van der Waals surface area contributed by atoms with Crippen molar-refractivity contribution < 1.29 is 10.9 Å². The molecule has 2 rings (SSSR count). The maximum absolute atomic E-state index is 12.0. The minimum Gasteiger partial charge on any atom is -0.469 e. The van der Waals surface area contributed by atoms with Crippen molar-refractivity contribution in [1.82, 2.24) is 0 Å². The van der Waals surface area contributed by atoms with E-state index in [0.717, 1.165) is 5.56 Å². The fraction of sp³-hybridized carbons (Fsp3) is 0.278. The molecule has 0 heterocycles. The Morgan fingerprint density at radius 1 is 1.10 bits per heavy atom. The summed E-state index contributed by atoms with van der Waals surface area (Å²) in [5, 5.41) is 1.24. The SMILES string of the molecule is [2H][C@H](C(=O)OC)[C@H](c1ccccc1)[Si](C)(C)c1ccccc1. The highest BCUT2D eigenvalue weighted by Gasteiger charge is 2.36. The highest BCUT2D eigenvalue weighted by atomic mass is 28.3. The van der Waals surface area contributed by atoms with Crippen molar-refractivity contribution in [2.24, 2.45) is 0 Å². The van der Waals surface area contributed by atoms with E-state index < -0.39 is 20.4 Å². The molecule has 0 saturated carbocycles. The van der Waals surface area contributed by atoms with E-state index in [-0.39, 0.29) is 5.54 Å². The molecular formula is C18H22O2Si. The van der Waals surface area contributed by atoms with Gasteiger partial charge in [0, 0.05) is 1.37 Å². The molecular weight excluding hydrogens is 276 g/mol. The summed E-state index contributed by atoms with van der Waals surface area (Å²) in [6, 6.07) is 20.1. The van der Waals surface area contributed by atoms with E-state index in [1.165, 1.54) is 12.3 Å². The van der Waals surface area contributed by atoms with Crippen LogP contribution in [0.5, 0.6) is 0 Å². The Bertz CT molecular complexity index is 613. The van der Waals surface area contributed by atoms with E-state index >= 15 is 0 Å². The van der Waals surface area contributed by atoms with E-state index in [1.54, 1.807) is 0 Å². The van der Waals surface area contributed by atoms with Crippen molar-refractivity contribution in [2.75, 3.05) is 7.11 Å². The van der Waals surface area contributed by atoms with Gasteiger partial charge in [0.15, 0.2) is 0 Å². The molecule has 2 aromatic rings. The summed E-state index contributed by atoms with van der Waals surface area (Å²) in [6.07, 6.45) is -0.908. The van der Waals surface area contributed by atoms with Gasteiger partial charge in [0.1, 0.15) is 0 Å². The minimum atomic E-state index is -2.08. The van der Waals surface area contributed by atoms with Crippen molar-refractivity contribution in [1.29, 1.82) is 0 Å². The second kappa shape index (κ2) is 6.72. The van der Waals surface area contributed by atoms with Crippen LogP contribution in [-0.2, 0) is 9.53 Å². The summed E-state index contributed by atoms with van der Waals surface area (Å²) in [6.45, 7) is 4.43. The Morgan fingerprint density at radius 2 is 1.62 bits per heavy atom. The van der Waals surface area contributed by atoms with Gasteiger partial charge in [0.25, 0.3) is 0 Å². The molecule has 0 spiro atoms. The predicted octanol–water partition coefficient (Wildman–Crippen LogP) is 3.49. The second-order valence-corrected chi connectivity index (χ2v) is 10.3. The van der Waals surface area contributed by atoms with Gasteiger partial charge in [0.2, 0.25) is 0 Å². The maximum atomic E-state index is 12.0. The van der Waals surface area contributed by atoms with Crippen LogP contribution in [0.3, 0.4) is 0 Å². The van der Waals surface area contributed by atoms with Gasteiger partial charge in [-0.25, -0.2) is 0 Å². The number of rotatable bonds is 5. The summed E-state index contributed by atoms with van der Waals surface area (Å²) < 4.78 is 13.3. The van der Waals surface area contributed by atoms with Crippen LogP contribution in [0.2, 0.25) is 13.1 Å². The van der Waals surface area contributed by atoms with Crippen LogP contribution < -0.4 is 5.19 Å². The Morgan fingerprint density at radius 3 is 2.14 bits per heavy atom. The number of methoxy groups -OCH3 is 1. The van der Waals surface area contributed by atoms with Gasteiger partial charge < -0.3 is 4.74 Å². The van der Waals surface area contributed by atoms with E-state index in [2.05, 4.69) is 25.2 Å². The third-order valence-corrected chi connectivity index (χ3v) is 7.83. The van der Waals surface area contributed by atoms with E-state index in [0.29, 0.717) is 0 Å². The molecule has 2 aromatic carbocycles. The van der Waals surface area contributed by atoms with Crippen LogP contribution in [0.25, 0.3) is 0 Å². The molecule has 0 saturated heterocycles. The molecule has 0 N–H and O–H groups in total. The summed E-state index contributed by atoms with van der Waals surface area (Å²) in [5.41, 5.74) is 0.886. The Hall–Kier alpha value is -1.87. The number of hydrogen-bond donors (Lipinski definition) is 0. The average molecular weight is 299 g/mol. The fourth-order valence-electron chi connectivity index (χ4n) is 2.63. The highest BCUT2D eigenvalue weighted by molar-refractivity contribution is 6.91. The number of esters is 1. The Balaban J connectivity index is 2.51. The largest absolute Gasteiger partial charge is 0.469 e. The van der Waals surface area contributed by atoms with Crippen LogP contribution in [0.15, 0.2) is 60.7 Å². The summed E-state index contributed by atoms with van der Waals surface area (Å²) in [7, 11) is -0.730. The number of carbonyl (C=O) groups is 1. The first-order valence-electron chi connectivity index (χ1n) is 7.66. The first-order valence-corrected chi connectivity index (χ1v) is 10.2. The standard InChI is InChI=1S/C18H22O2Si/c1-20-18(19)14-17(15-10-6-4-7-11-15)21(2,3)16-12-8-5-9-13-16/h4-13,17H,14H2,1-3H3/t17-/m1/s1/i14D/t14-,17+/m0. The van der Waals surface area contributed by atoms with Gasteiger partial charge in [-0.3, -0.25) is 4.79 Å². The lowest BCUT2D eigenvalue weighted by molar-refractivity contribution is -0.140. The number of benzene rings is 2. The van der Waals surface area contributed by atoms with Crippen LogP contribution >= 0.6 is 0 Å². The molecule has 21 heavy (non-hydrogen) atoms. The molecule has 0 aliphatic heterocycles. The zero-order valence-corrected chi connectivity index (χ0v) is 13.7. The van der Waals surface area contributed by atoms with Crippen molar-refractivity contribution >= 4 is 19.2 Å². The molecule has 0 aromatic heterocycles. The van der Waals surface area contributed by atoms with Crippen molar-refractivity contribution in [3.63, 3.8) is 0 Å². The fourth-order valence-corrected chi connectivity index (χ4v) is 5.62. The molecule has 0 radical (unpaired) electrons. The molecule has 110 valence electrons. The molecule has 2 nitrogen and oxygen atoms in total. The number of carbonyl (C=O) groups excluding carboxylic acids is 1. The smallest absolute Gasteiger partial charge is 0.305 e. The van der Waals surface area contributed by atoms with Crippen molar-refractivity contribution in [3.05, 3.63) is 66.2 Å². The molecule has 0 aliphatic carbocycles. The highest BCUT2D eigenvalue weighted by Crippen LogP contribution is 2.30. The topological polar surface area (TPSA) is 26.3 Å². The molecule has 0 bridgehead atoms. The van der Waals surface area contributed by atoms with Gasteiger partial charge in [-0.05, 0) is 11.1 Å². The minimum absolute atomic E-state index is 0.149. The van der Waals surface area contributed by atoms with E-state index in [1.807, 2.05) is 48.5 Å². The Labute approximate surface area is 129 Å². The predicted molar refractivity (Wildman–Crippen MR) is 89.4 cm³/mol. The molecule has 0 unspecified atom stereocenters. The third-order valence-electron chi connectivity index (χ3n) is 3.96. The van der Waals surface area contributed by atoms with Gasteiger partial charge in [-0.15, -0.1) is 0 Å². The zero-order valence-electron chi connectivity index (χ0n) is 13.7. The maximum Gasteiger partial charge on any atom is 0.305 e. The third kappa shape index (κ3) is 3.61. The average Bonchev–Trinajstić information content (AvgIpc) is 2.55. The molecule has 3 heteroatoms. The summed E-state index contributed by atoms with van der Waals surface area (Å²) >= 11 is 0. The molecule has 0 aliphatic rings. The van der Waals surface area contributed by atoms with Gasteiger partial charge in [-0.2, -0.15) is 0 Å². The summed E-state index contributed by atoms with van der Waals surface area (Å²) in [5.74, 6) is -0.467. The van der Waals surface area contributed by atoms with Crippen molar-refractivity contribution in [3.8, 4) is 0 Å². The number of ether oxygens (including phenoxy) is 1. The zero-order chi connectivity index (χ0) is 16.2. The van der Waals surface area contributed by atoms with Gasteiger partial charge in [0.05, 0.1) is 21.6 Å². The first kappa shape index (κ1) is 14.1. The molecule has 0 fully saturated rings. The second-order valence-electron chi connectivity index (χ2n) is 5.67. The lowest BCUT2D eigenvalue weighted by Crippen LogP contribution is -2.48. The quantitative estimate of drug-likeness (QED) is 0.624. The van der Waals surface area contributed by atoms with E-state index in [9.17, 15) is 4.79 Å². The molecule has 0 amide bonds. The van der Waals surface area contributed by atoms with Gasteiger partial charge >= 0.3 is 5.97 Å². The number of hydrogen-bond acceptors (Lipinski definition) is 2. The van der Waals surface area contributed by atoms with E-state index in [4.69, 9.17) is 6.11 Å². The van der Waals surface area contributed by atoms with Crippen molar-refractivity contribution in [2.45, 2.75) is 25.0 Å². The first-order chi connectivity index (χ1) is 10.5. The summed E-state index contributed by atoms with van der Waals surface area (Å²) in [4.78, 5) is 12.0. The molecule has 2 atom stereocenters. The van der Waals surface area contributed by atoms with Gasteiger partial charge in [-0.1, -0.05) is 78.9 Å². The monoisotopic (exact) mass is 299 g/mol. The van der Waals surface area contributed by atoms with Crippen LogP contribution in [0.4, 0.5) is 0 Å². The Kier molecular flexibility index (Phi) is 4.51. The lowest BCUT2D eigenvalue weighted by Gasteiger charge is -2.33. The van der Waals surface area contributed by atoms with Crippen LogP contribution in [0, 0.1) is 0 Å². The van der Waals surface area contributed by atoms with Crippen LogP contribution in [-0.4, -0.2) is 21.2 Å². The lowest BCUT2D eigenvalue weighted by atomic mass is 10.1.